The highest BCUT2D eigenvalue weighted by atomic mass is 16.7. The molecular formula is C41H50N2O9. The molecule has 52 heavy (non-hydrogen) atoms. The van der Waals surface area contributed by atoms with Gasteiger partial charge in [-0.05, 0) is 35.4 Å². The molecule has 1 fully saturated rings. The summed E-state index contributed by atoms with van der Waals surface area (Å²) in [4.78, 5) is 18.9. The summed E-state index contributed by atoms with van der Waals surface area (Å²) in [6.07, 6.45) is -1.51. The van der Waals surface area contributed by atoms with Crippen LogP contribution in [0.25, 0.3) is 0 Å². The summed E-state index contributed by atoms with van der Waals surface area (Å²) in [7, 11) is 3.23. The molecular weight excluding hydrogens is 664 g/mol. The standard InChI is InChI=1S/C41H50N2O9/c1-45-23-25-47-31-51-39-37(29-49-35-19-11-5-12-20-35)42(27-33-15-7-3-8-16-33)41(44)43(28-34-17-9-4-10-18-34)38(30-50-36-21-13-6-14-22-36)40(39)52-32-48-26-24-46-2/h3-22,37-40H,23-32H2,1-2H3/t37-,38-,39-,40-/m1/s1. The minimum atomic E-state index is -0.755. The Morgan fingerprint density at radius 1 is 0.500 bits per heavy atom. The highest BCUT2D eigenvalue weighted by molar-refractivity contribution is 5.76. The van der Waals surface area contributed by atoms with Crippen LogP contribution in [-0.4, -0.2) is 108 Å². The van der Waals surface area contributed by atoms with Gasteiger partial charge in [0.1, 0.15) is 50.5 Å². The van der Waals surface area contributed by atoms with Gasteiger partial charge in [0.2, 0.25) is 0 Å². The smallest absolute Gasteiger partial charge is 0.321 e. The minimum absolute atomic E-state index is 0.0709. The van der Waals surface area contributed by atoms with Crippen LogP contribution in [0, 0.1) is 0 Å². The quantitative estimate of drug-likeness (QED) is 0.0714. The van der Waals surface area contributed by atoms with E-state index in [0.29, 0.717) is 51.0 Å². The number of rotatable bonds is 22. The van der Waals surface area contributed by atoms with Crippen molar-refractivity contribution in [1.29, 1.82) is 0 Å². The Kier molecular flexibility index (Phi) is 16.2. The van der Waals surface area contributed by atoms with E-state index in [4.69, 9.17) is 37.9 Å². The van der Waals surface area contributed by atoms with Crippen LogP contribution in [0.1, 0.15) is 11.1 Å². The molecule has 1 heterocycles. The van der Waals surface area contributed by atoms with E-state index in [1.165, 1.54) is 0 Å². The summed E-state index contributed by atoms with van der Waals surface area (Å²) >= 11 is 0. The fourth-order valence-electron chi connectivity index (χ4n) is 6.01. The summed E-state index contributed by atoms with van der Waals surface area (Å²) in [6, 6.07) is 37.4. The molecule has 1 aliphatic rings. The van der Waals surface area contributed by atoms with Crippen molar-refractivity contribution in [3.8, 4) is 11.5 Å². The second-order valence-electron chi connectivity index (χ2n) is 12.2. The van der Waals surface area contributed by atoms with Crippen LogP contribution < -0.4 is 9.47 Å². The predicted octanol–water partition coefficient (Wildman–Crippen LogP) is 6.03. The third-order valence-electron chi connectivity index (χ3n) is 8.64. The molecule has 0 spiro atoms. The Morgan fingerprint density at radius 3 is 1.23 bits per heavy atom. The Hall–Kier alpha value is -4.49. The van der Waals surface area contributed by atoms with Crippen molar-refractivity contribution in [2.75, 3.05) is 67.4 Å². The number of benzene rings is 4. The van der Waals surface area contributed by atoms with Crippen molar-refractivity contribution >= 4 is 6.03 Å². The van der Waals surface area contributed by atoms with Gasteiger partial charge in [-0.15, -0.1) is 0 Å². The number of hydrogen-bond donors (Lipinski definition) is 0. The van der Waals surface area contributed by atoms with Gasteiger partial charge < -0.3 is 47.7 Å². The Bertz CT molecular complexity index is 1420. The molecule has 0 aromatic heterocycles. The van der Waals surface area contributed by atoms with Gasteiger partial charge in [0.25, 0.3) is 0 Å². The maximum absolute atomic E-state index is 15.3. The predicted molar refractivity (Wildman–Crippen MR) is 196 cm³/mol. The van der Waals surface area contributed by atoms with Crippen molar-refractivity contribution in [2.24, 2.45) is 0 Å². The first-order valence-corrected chi connectivity index (χ1v) is 17.5. The number of carbonyl (C=O) groups is 1. The highest BCUT2D eigenvalue weighted by Gasteiger charge is 2.50. The molecule has 0 bridgehead atoms. The molecule has 0 saturated carbocycles. The van der Waals surface area contributed by atoms with E-state index >= 15 is 4.79 Å². The Labute approximate surface area is 306 Å². The van der Waals surface area contributed by atoms with Gasteiger partial charge in [-0.2, -0.15) is 0 Å². The van der Waals surface area contributed by atoms with Crippen LogP contribution >= 0.6 is 0 Å². The molecule has 1 aliphatic heterocycles. The fraction of sp³-hybridized carbons (Fsp3) is 0.390. The van der Waals surface area contributed by atoms with Crippen LogP contribution in [0.3, 0.4) is 0 Å². The van der Waals surface area contributed by atoms with E-state index in [9.17, 15) is 0 Å². The normalized spacial score (nSPS) is 19.0. The highest BCUT2D eigenvalue weighted by Crippen LogP contribution is 2.31. The van der Waals surface area contributed by atoms with E-state index in [1.54, 1.807) is 14.2 Å². The lowest BCUT2D eigenvalue weighted by atomic mass is 9.98. The van der Waals surface area contributed by atoms with Crippen LogP contribution in [0.2, 0.25) is 0 Å². The third kappa shape index (κ3) is 11.8. The summed E-state index contributed by atoms with van der Waals surface area (Å²) in [6.45, 7) is 2.13. The number of hydrogen-bond acceptors (Lipinski definition) is 9. The number of carbonyl (C=O) groups excluding carboxylic acids is 1. The molecule has 0 aliphatic carbocycles. The van der Waals surface area contributed by atoms with E-state index in [0.717, 1.165) is 11.1 Å². The van der Waals surface area contributed by atoms with Gasteiger partial charge in [0, 0.05) is 27.3 Å². The SMILES string of the molecule is COCCOCO[C@H]1[C@H](OCOCCOC)[C@@H](COc2ccccc2)N(Cc2ccccc2)C(=O)N(Cc2ccccc2)[C@@H]1COc1ccccc1. The maximum Gasteiger partial charge on any atom is 0.321 e. The van der Waals surface area contributed by atoms with Gasteiger partial charge in [-0.3, -0.25) is 0 Å². The van der Waals surface area contributed by atoms with Crippen molar-refractivity contribution in [3.05, 3.63) is 132 Å². The van der Waals surface area contributed by atoms with Crippen molar-refractivity contribution in [1.82, 2.24) is 9.80 Å². The zero-order chi connectivity index (χ0) is 36.2. The molecule has 0 unspecified atom stereocenters. The topological polar surface area (TPSA) is 97.4 Å². The first-order chi connectivity index (χ1) is 25.7. The third-order valence-corrected chi connectivity index (χ3v) is 8.64. The molecule has 2 amide bonds. The molecule has 11 heteroatoms. The molecule has 0 N–H and O–H groups in total. The van der Waals surface area contributed by atoms with E-state index in [2.05, 4.69) is 0 Å². The van der Waals surface area contributed by atoms with Crippen LogP contribution in [0.15, 0.2) is 121 Å². The maximum atomic E-state index is 15.3. The zero-order valence-corrected chi connectivity index (χ0v) is 30.0. The molecule has 4 aromatic carbocycles. The van der Waals surface area contributed by atoms with E-state index < -0.39 is 24.3 Å². The second-order valence-corrected chi connectivity index (χ2v) is 12.2. The number of urea groups is 1. The molecule has 11 nitrogen and oxygen atoms in total. The fourth-order valence-corrected chi connectivity index (χ4v) is 6.01. The largest absolute Gasteiger partial charge is 0.491 e. The number of nitrogens with zero attached hydrogens (tertiary/aromatic N) is 2. The molecule has 4 atom stereocenters. The van der Waals surface area contributed by atoms with Gasteiger partial charge in [-0.1, -0.05) is 97.1 Å². The number of ether oxygens (including phenoxy) is 8. The average Bonchev–Trinajstić information content (AvgIpc) is 3.26. The number of amides is 2. The lowest BCUT2D eigenvalue weighted by Crippen LogP contribution is -2.55. The zero-order valence-electron chi connectivity index (χ0n) is 30.0. The van der Waals surface area contributed by atoms with Gasteiger partial charge in [0.15, 0.2) is 0 Å². The number of para-hydroxylation sites is 2. The Balaban J connectivity index is 1.60. The summed E-state index contributed by atoms with van der Waals surface area (Å²) in [5.74, 6) is 1.33. The van der Waals surface area contributed by atoms with Crippen molar-refractivity contribution in [2.45, 2.75) is 37.4 Å². The van der Waals surface area contributed by atoms with E-state index in [-0.39, 0.29) is 32.8 Å². The molecule has 278 valence electrons. The van der Waals surface area contributed by atoms with Crippen LogP contribution in [-0.2, 0) is 41.5 Å². The number of methoxy groups -OCH3 is 2. The molecule has 1 saturated heterocycles. The summed E-state index contributed by atoms with van der Waals surface area (Å²) in [5, 5.41) is 0. The molecule has 5 rings (SSSR count). The second kappa shape index (κ2) is 21.8. The van der Waals surface area contributed by atoms with Gasteiger partial charge in [-0.25, -0.2) is 4.79 Å². The average molecular weight is 715 g/mol. The van der Waals surface area contributed by atoms with Gasteiger partial charge in [0.05, 0.1) is 38.5 Å². The van der Waals surface area contributed by atoms with Gasteiger partial charge >= 0.3 is 6.03 Å². The van der Waals surface area contributed by atoms with Crippen molar-refractivity contribution < 1.29 is 42.7 Å². The van der Waals surface area contributed by atoms with Crippen molar-refractivity contribution in [3.63, 3.8) is 0 Å². The minimum Gasteiger partial charge on any atom is -0.491 e. The summed E-state index contributed by atoms with van der Waals surface area (Å²) in [5.41, 5.74) is 1.91. The van der Waals surface area contributed by atoms with Crippen LogP contribution in [0.4, 0.5) is 4.79 Å². The molecule has 4 aromatic rings. The summed E-state index contributed by atoms with van der Waals surface area (Å²) < 4.78 is 48.3. The first kappa shape index (κ1) is 38.7. The lowest BCUT2D eigenvalue weighted by molar-refractivity contribution is -0.196. The monoisotopic (exact) mass is 714 g/mol. The van der Waals surface area contributed by atoms with E-state index in [1.807, 2.05) is 131 Å². The first-order valence-electron chi connectivity index (χ1n) is 17.5. The van der Waals surface area contributed by atoms with Crippen LogP contribution in [0.5, 0.6) is 11.5 Å². The molecule has 0 radical (unpaired) electrons. The lowest BCUT2D eigenvalue weighted by Gasteiger charge is -2.37. The Morgan fingerprint density at radius 2 is 0.865 bits per heavy atom.